The van der Waals surface area contributed by atoms with Crippen LogP contribution in [0.25, 0.3) is 0 Å². The van der Waals surface area contributed by atoms with Crippen LogP contribution in [-0.2, 0) is 14.3 Å². The minimum absolute atomic E-state index is 0.0703. The van der Waals surface area contributed by atoms with Crippen LogP contribution in [0.2, 0.25) is 0 Å². The molecule has 1 rings (SSSR count). The molecule has 0 spiro atoms. The van der Waals surface area contributed by atoms with Gasteiger partial charge in [0.2, 0.25) is 0 Å². The number of carbonyl (C=O) groups is 1. The smallest absolute Gasteiger partial charge is 0.336 e. The molecule has 3 nitrogen and oxygen atoms in total. The molecule has 3 heteroatoms. The Balaban J connectivity index is 2.32. The second kappa shape index (κ2) is 2.84. The summed E-state index contributed by atoms with van der Waals surface area (Å²) in [7, 11) is 0. The largest absolute Gasteiger partial charge is 0.463 e. The summed E-state index contributed by atoms with van der Waals surface area (Å²) in [6.07, 6.45) is -0.0703. The van der Waals surface area contributed by atoms with Gasteiger partial charge in [-0.2, -0.15) is 0 Å². The number of esters is 1. The monoisotopic (exact) mass is 142 g/mol. The minimum Gasteiger partial charge on any atom is -0.463 e. The Hall–Kier alpha value is -0.830. The Morgan fingerprint density at radius 3 is 2.90 bits per heavy atom. The highest BCUT2D eigenvalue weighted by atomic mass is 16.6. The lowest BCUT2D eigenvalue weighted by Crippen LogP contribution is -2.10. The zero-order chi connectivity index (χ0) is 7.56. The fourth-order valence-electron chi connectivity index (χ4n) is 0.605. The second-order valence-electron chi connectivity index (χ2n) is 2.07. The highest BCUT2D eigenvalue weighted by Crippen LogP contribution is 2.18. The maximum atomic E-state index is 10.8. The van der Waals surface area contributed by atoms with E-state index in [1.165, 1.54) is 0 Å². The molecule has 0 radical (unpaired) electrons. The predicted octanol–water partition coefficient (Wildman–Crippen LogP) is 0.504. The molecule has 56 valence electrons. The first-order valence-electron chi connectivity index (χ1n) is 3.23. The molecule has 1 unspecified atom stereocenters. The Kier molecular flexibility index (Phi) is 2.06. The molecule has 0 amide bonds. The first-order chi connectivity index (χ1) is 4.75. The molecule has 0 aromatic heterocycles. The summed E-state index contributed by atoms with van der Waals surface area (Å²) in [6, 6.07) is 0. The van der Waals surface area contributed by atoms with Crippen molar-refractivity contribution in [1.82, 2.24) is 0 Å². The van der Waals surface area contributed by atoms with Crippen molar-refractivity contribution in [1.29, 1.82) is 0 Å². The van der Waals surface area contributed by atoms with Gasteiger partial charge in [-0.05, 0) is 6.92 Å². The van der Waals surface area contributed by atoms with Gasteiger partial charge in [0.15, 0.2) is 0 Å². The Bertz CT molecular complexity index is 158. The van der Waals surface area contributed by atoms with Crippen molar-refractivity contribution in [3.63, 3.8) is 0 Å². The maximum absolute atomic E-state index is 10.8. The van der Waals surface area contributed by atoms with E-state index < -0.39 is 0 Å². The van der Waals surface area contributed by atoms with Crippen LogP contribution in [0.4, 0.5) is 0 Å². The normalized spacial score (nSPS) is 21.9. The summed E-state index contributed by atoms with van der Waals surface area (Å²) in [5.74, 6) is -0.343. The fourth-order valence-corrected chi connectivity index (χ4v) is 0.605. The van der Waals surface area contributed by atoms with E-state index in [-0.39, 0.29) is 12.1 Å². The van der Waals surface area contributed by atoms with E-state index in [2.05, 4.69) is 11.3 Å². The number of ether oxygens (including phenoxy) is 2. The molecule has 0 N–H and O–H groups in total. The molecule has 10 heavy (non-hydrogen) atoms. The van der Waals surface area contributed by atoms with Crippen molar-refractivity contribution >= 4 is 5.97 Å². The lowest BCUT2D eigenvalue weighted by atomic mass is 10.2. The summed E-state index contributed by atoms with van der Waals surface area (Å²) in [4.78, 5) is 10.8. The van der Waals surface area contributed by atoms with E-state index in [0.717, 1.165) is 0 Å². The molecule has 1 fully saturated rings. The predicted molar refractivity (Wildman–Crippen MR) is 35.5 cm³/mol. The number of hydrogen-bond acceptors (Lipinski definition) is 3. The SMILES string of the molecule is C=C(C(=O)OCC)C1CO1. The molecule has 1 saturated heterocycles. The Morgan fingerprint density at radius 2 is 2.50 bits per heavy atom. The summed E-state index contributed by atoms with van der Waals surface area (Å²) in [5, 5.41) is 0. The molecule has 0 aliphatic carbocycles. The van der Waals surface area contributed by atoms with Crippen LogP contribution >= 0.6 is 0 Å². The molecule has 1 aliphatic heterocycles. The van der Waals surface area contributed by atoms with Gasteiger partial charge in [0, 0.05) is 0 Å². The van der Waals surface area contributed by atoms with Crippen LogP contribution in [-0.4, -0.2) is 25.3 Å². The second-order valence-corrected chi connectivity index (χ2v) is 2.07. The van der Waals surface area contributed by atoms with Gasteiger partial charge in [0.1, 0.15) is 6.10 Å². The summed E-state index contributed by atoms with van der Waals surface area (Å²) >= 11 is 0. The van der Waals surface area contributed by atoms with E-state index in [9.17, 15) is 4.79 Å². The van der Waals surface area contributed by atoms with Crippen LogP contribution in [0.1, 0.15) is 6.92 Å². The lowest BCUT2D eigenvalue weighted by Gasteiger charge is -1.99. The van der Waals surface area contributed by atoms with E-state index >= 15 is 0 Å². The number of carbonyl (C=O) groups excluding carboxylic acids is 1. The first kappa shape index (κ1) is 7.28. The van der Waals surface area contributed by atoms with Crippen LogP contribution in [0.15, 0.2) is 12.2 Å². The fraction of sp³-hybridized carbons (Fsp3) is 0.571. The molecule has 1 aliphatic rings. The van der Waals surface area contributed by atoms with Gasteiger partial charge in [-0.3, -0.25) is 0 Å². The van der Waals surface area contributed by atoms with E-state index in [4.69, 9.17) is 4.74 Å². The van der Waals surface area contributed by atoms with Crippen molar-refractivity contribution in [2.75, 3.05) is 13.2 Å². The van der Waals surface area contributed by atoms with Crippen molar-refractivity contribution in [3.8, 4) is 0 Å². The number of epoxide rings is 1. The van der Waals surface area contributed by atoms with Gasteiger partial charge < -0.3 is 9.47 Å². The van der Waals surface area contributed by atoms with Gasteiger partial charge in [0.25, 0.3) is 0 Å². The molecule has 1 atom stereocenters. The van der Waals surface area contributed by atoms with Crippen LogP contribution in [0, 0.1) is 0 Å². The molecule has 1 heterocycles. The van der Waals surface area contributed by atoms with Crippen LogP contribution < -0.4 is 0 Å². The summed E-state index contributed by atoms with van der Waals surface area (Å²) in [5.41, 5.74) is 0.432. The number of hydrogen-bond donors (Lipinski definition) is 0. The van der Waals surface area contributed by atoms with Gasteiger partial charge in [-0.25, -0.2) is 4.79 Å². The van der Waals surface area contributed by atoms with Crippen LogP contribution in [0.3, 0.4) is 0 Å². The van der Waals surface area contributed by atoms with Gasteiger partial charge in [-0.15, -0.1) is 0 Å². The van der Waals surface area contributed by atoms with E-state index in [1.54, 1.807) is 6.92 Å². The third-order valence-electron chi connectivity index (χ3n) is 1.26. The first-order valence-corrected chi connectivity index (χ1v) is 3.23. The van der Waals surface area contributed by atoms with Crippen LogP contribution in [0.5, 0.6) is 0 Å². The van der Waals surface area contributed by atoms with Crippen molar-refractivity contribution in [2.45, 2.75) is 13.0 Å². The topological polar surface area (TPSA) is 38.8 Å². The van der Waals surface area contributed by atoms with Crippen molar-refractivity contribution in [2.24, 2.45) is 0 Å². The molecule has 0 saturated carbocycles. The lowest BCUT2D eigenvalue weighted by molar-refractivity contribution is -0.138. The van der Waals surface area contributed by atoms with Gasteiger partial charge >= 0.3 is 5.97 Å². The Morgan fingerprint density at radius 1 is 1.90 bits per heavy atom. The third-order valence-corrected chi connectivity index (χ3v) is 1.26. The van der Waals surface area contributed by atoms with Crippen molar-refractivity contribution in [3.05, 3.63) is 12.2 Å². The van der Waals surface area contributed by atoms with E-state index in [0.29, 0.717) is 18.8 Å². The zero-order valence-corrected chi connectivity index (χ0v) is 5.92. The molecule has 0 bridgehead atoms. The molecule has 0 aromatic rings. The maximum Gasteiger partial charge on any atom is 0.336 e. The highest BCUT2D eigenvalue weighted by molar-refractivity contribution is 5.89. The average molecular weight is 142 g/mol. The van der Waals surface area contributed by atoms with Gasteiger partial charge in [-0.1, -0.05) is 6.58 Å². The third kappa shape index (κ3) is 1.57. The molecular weight excluding hydrogens is 132 g/mol. The zero-order valence-electron chi connectivity index (χ0n) is 5.92. The summed E-state index contributed by atoms with van der Waals surface area (Å²) < 4.78 is 9.52. The Labute approximate surface area is 59.6 Å². The summed E-state index contributed by atoms with van der Waals surface area (Å²) in [6.45, 7) is 6.30. The van der Waals surface area contributed by atoms with Crippen molar-refractivity contribution < 1.29 is 14.3 Å². The average Bonchev–Trinajstić information content (AvgIpc) is 2.68. The number of rotatable bonds is 3. The standard InChI is InChI=1S/C7H10O3/c1-3-9-7(8)5(2)6-4-10-6/h6H,2-4H2,1H3. The minimum atomic E-state index is -0.343. The van der Waals surface area contributed by atoms with E-state index in [1.807, 2.05) is 0 Å². The quantitative estimate of drug-likeness (QED) is 0.327. The van der Waals surface area contributed by atoms with Gasteiger partial charge in [0.05, 0.1) is 18.8 Å². The molecule has 0 aromatic carbocycles. The molecular formula is C7H10O3. The highest BCUT2D eigenvalue weighted by Gasteiger charge is 2.30.